The summed E-state index contributed by atoms with van der Waals surface area (Å²) in [5, 5.41) is 17.9. The molecule has 0 atom stereocenters. The van der Waals surface area contributed by atoms with E-state index in [1.807, 2.05) is 6.20 Å². The molecule has 0 aliphatic rings. The maximum Gasteiger partial charge on any atom is 0.191 e. The Kier molecular flexibility index (Phi) is 10.3. The third kappa shape index (κ3) is 6.30. The smallest absolute Gasteiger partial charge is 0.191 e. The fourth-order valence-electron chi connectivity index (χ4n) is 2.73. The van der Waals surface area contributed by atoms with Crippen LogP contribution < -0.4 is 10.6 Å². The van der Waals surface area contributed by atoms with Crippen LogP contribution in [0, 0.1) is 6.92 Å². The van der Waals surface area contributed by atoms with Crippen molar-refractivity contribution in [3.8, 4) is 0 Å². The van der Waals surface area contributed by atoms with Crippen molar-refractivity contribution >= 4 is 29.9 Å². The average molecular weight is 474 g/mol. The first-order valence-corrected chi connectivity index (χ1v) is 9.16. The van der Waals surface area contributed by atoms with Crippen LogP contribution in [0.15, 0.2) is 15.7 Å². The van der Waals surface area contributed by atoms with E-state index in [4.69, 9.17) is 9.52 Å². The largest absolute Gasteiger partial charge is 0.361 e. The van der Waals surface area contributed by atoms with Crippen molar-refractivity contribution in [2.45, 2.75) is 59.9 Å². The van der Waals surface area contributed by atoms with Gasteiger partial charge in [0, 0.05) is 30.8 Å². The van der Waals surface area contributed by atoms with Crippen LogP contribution in [-0.2, 0) is 25.8 Å². The van der Waals surface area contributed by atoms with Gasteiger partial charge >= 0.3 is 0 Å². The van der Waals surface area contributed by atoms with Crippen LogP contribution in [0.1, 0.15) is 55.5 Å². The minimum atomic E-state index is 0. The fraction of sp³-hybridized carbons (Fsp3) is 0.611. The van der Waals surface area contributed by atoms with Crippen LogP contribution >= 0.6 is 24.0 Å². The lowest BCUT2D eigenvalue weighted by molar-refractivity contribution is 0.380. The van der Waals surface area contributed by atoms with Gasteiger partial charge in [0.25, 0.3) is 0 Å². The normalized spacial score (nSPS) is 11.3. The van der Waals surface area contributed by atoms with Crippen molar-refractivity contribution in [1.29, 1.82) is 0 Å². The van der Waals surface area contributed by atoms with E-state index in [1.165, 1.54) is 5.56 Å². The van der Waals surface area contributed by atoms with Gasteiger partial charge in [-0.3, -0.25) is 5.10 Å². The number of guanidine groups is 1. The molecule has 0 unspecified atom stereocenters. The SMILES string of the molecule is CCNC(=NCc1c(CC)noc1CC)NCCCc1cn[nH]c1C.I. The van der Waals surface area contributed by atoms with Gasteiger partial charge in [0.1, 0.15) is 5.76 Å². The van der Waals surface area contributed by atoms with Crippen LogP contribution in [0.2, 0.25) is 0 Å². The molecular formula is C18H31IN6O. The number of aryl methyl sites for hydroxylation is 4. The minimum Gasteiger partial charge on any atom is -0.361 e. The lowest BCUT2D eigenvalue weighted by atomic mass is 10.1. The zero-order valence-corrected chi connectivity index (χ0v) is 18.5. The number of halogens is 1. The van der Waals surface area contributed by atoms with Crippen LogP contribution in [0.5, 0.6) is 0 Å². The minimum absolute atomic E-state index is 0. The van der Waals surface area contributed by atoms with E-state index in [2.05, 4.69) is 53.7 Å². The first kappa shape index (κ1) is 22.5. The van der Waals surface area contributed by atoms with Gasteiger partial charge in [0.2, 0.25) is 0 Å². The molecule has 0 aliphatic carbocycles. The molecule has 0 amide bonds. The lowest BCUT2D eigenvalue weighted by Crippen LogP contribution is -2.37. The molecule has 2 aromatic rings. The molecule has 146 valence electrons. The first-order valence-electron chi connectivity index (χ1n) is 9.16. The average Bonchev–Trinajstić information content (AvgIpc) is 3.21. The topological polar surface area (TPSA) is 91.1 Å². The molecule has 26 heavy (non-hydrogen) atoms. The van der Waals surface area contributed by atoms with E-state index in [0.29, 0.717) is 6.54 Å². The molecule has 8 heteroatoms. The first-order chi connectivity index (χ1) is 12.2. The maximum atomic E-state index is 5.41. The zero-order valence-electron chi connectivity index (χ0n) is 16.2. The van der Waals surface area contributed by atoms with Crippen LogP contribution in [0.4, 0.5) is 0 Å². The van der Waals surface area contributed by atoms with Crippen LogP contribution in [0.25, 0.3) is 0 Å². The van der Waals surface area contributed by atoms with Gasteiger partial charge in [-0.2, -0.15) is 5.10 Å². The Morgan fingerprint density at radius 3 is 2.65 bits per heavy atom. The van der Waals surface area contributed by atoms with E-state index in [-0.39, 0.29) is 24.0 Å². The number of aromatic nitrogens is 3. The second-order valence-electron chi connectivity index (χ2n) is 5.98. The summed E-state index contributed by atoms with van der Waals surface area (Å²) in [7, 11) is 0. The van der Waals surface area contributed by atoms with Gasteiger partial charge < -0.3 is 15.2 Å². The van der Waals surface area contributed by atoms with Gasteiger partial charge in [0.05, 0.1) is 18.4 Å². The number of rotatable bonds is 9. The van der Waals surface area contributed by atoms with E-state index in [9.17, 15) is 0 Å². The van der Waals surface area contributed by atoms with E-state index in [0.717, 1.165) is 67.4 Å². The second-order valence-corrected chi connectivity index (χ2v) is 5.98. The Morgan fingerprint density at radius 2 is 2.04 bits per heavy atom. The monoisotopic (exact) mass is 474 g/mol. The van der Waals surface area contributed by atoms with Gasteiger partial charge in [-0.15, -0.1) is 24.0 Å². The quantitative estimate of drug-likeness (QED) is 0.225. The summed E-state index contributed by atoms with van der Waals surface area (Å²) in [4.78, 5) is 4.70. The predicted octanol–water partition coefficient (Wildman–Crippen LogP) is 3.14. The molecule has 2 heterocycles. The highest BCUT2D eigenvalue weighted by Gasteiger charge is 2.13. The highest BCUT2D eigenvalue weighted by molar-refractivity contribution is 14.0. The molecule has 0 saturated heterocycles. The van der Waals surface area contributed by atoms with Crippen molar-refractivity contribution < 1.29 is 4.52 Å². The predicted molar refractivity (Wildman–Crippen MR) is 115 cm³/mol. The van der Waals surface area contributed by atoms with Crippen molar-refractivity contribution in [3.05, 3.63) is 34.5 Å². The van der Waals surface area contributed by atoms with Gasteiger partial charge in [-0.05, 0) is 38.7 Å². The number of hydrogen-bond donors (Lipinski definition) is 3. The number of aromatic amines is 1. The summed E-state index contributed by atoms with van der Waals surface area (Å²) in [6.45, 7) is 10.6. The van der Waals surface area contributed by atoms with Crippen molar-refractivity contribution in [3.63, 3.8) is 0 Å². The summed E-state index contributed by atoms with van der Waals surface area (Å²) in [5.41, 5.74) is 4.55. The molecule has 7 nitrogen and oxygen atoms in total. The third-order valence-corrected chi connectivity index (χ3v) is 4.20. The Labute approximate surface area is 172 Å². The lowest BCUT2D eigenvalue weighted by Gasteiger charge is -2.11. The van der Waals surface area contributed by atoms with Crippen LogP contribution in [0.3, 0.4) is 0 Å². The molecule has 0 spiro atoms. The van der Waals surface area contributed by atoms with Gasteiger partial charge in [-0.25, -0.2) is 4.99 Å². The molecule has 0 aromatic carbocycles. The van der Waals surface area contributed by atoms with Crippen molar-refractivity contribution in [1.82, 2.24) is 26.0 Å². The molecular weight excluding hydrogens is 443 g/mol. The summed E-state index contributed by atoms with van der Waals surface area (Å²) in [6.07, 6.45) is 5.63. The zero-order chi connectivity index (χ0) is 18.1. The molecule has 0 bridgehead atoms. The number of aliphatic imine (C=N–C) groups is 1. The number of nitrogens with one attached hydrogen (secondary N) is 3. The summed E-state index contributed by atoms with van der Waals surface area (Å²) in [6, 6.07) is 0. The Balaban J connectivity index is 0.00000338. The van der Waals surface area contributed by atoms with E-state index < -0.39 is 0 Å². The number of H-pyrrole nitrogens is 1. The van der Waals surface area contributed by atoms with Crippen molar-refractivity contribution in [2.75, 3.05) is 13.1 Å². The summed E-state index contributed by atoms with van der Waals surface area (Å²) < 4.78 is 5.41. The Morgan fingerprint density at radius 1 is 1.23 bits per heavy atom. The molecule has 0 radical (unpaired) electrons. The van der Waals surface area contributed by atoms with Gasteiger partial charge in [-0.1, -0.05) is 19.0 Å². The summed E-state index contributed by atoms with van der Waals surface area (Å²) >= 11 is 0. The fourth-order valence-corrected chi connectivity index (χ4v) is 2.73. The molecule has 0 fully saturated rings. The van der Waals surface area contributed by atoms with E-state index in [1.54, 1.807) is 0 Å². The van der Waals surface area contributed by atoms with Crippen molar-refractivity contribution in [2.24, 2.45) is 4.99 Å². The number of nitrogens with zero attached hydrogens (tertiary/aromatic N) is 3. The van der Waals surface area contributed by atoms with E-state index >= 15 is 0 Å². The molecule has 3 N–H and O–H groups in total. The second kappa shape index (κ2) is 11.9. The van der Waals surface area contributed by atoms with Gasteiger partial charge in [0.15, 0.2) is 5.96 Å². The third-order valence-electron chi connectivity index (χ3n) is 4.20. The van der Waals surface area contributed by atoms with Crippen LogP contribution in [-0.4, -0.2) is 34.4 Å². The standard InChI is InChI=1S/C18H30N6O.HI/c1-5-16-15(17(6-2)25-24-16)12-21-18(19-7-3)20-10-8-9-14-11-22-23-13(14)4;/h11H,5-10,12H2,1-4H3,(H,22,23)(H2,19,20,21);1H. The molecule has 2 aromatic heterocycles. The highest BCUT2D eigenvalue weighted by Crippen LogP contribution is 2.16. The summed E-state index contributed by atoms with van der Waals surface area (Å²) in [5.74, 6) is 1.77. The molecule has 2 rings (SSSR count). The molecule has 0 saturated carbocycles. The Bertz CT molecular complexity index is 658. The maximum absolute atomic E-state index is 5.41. The number of hydrogen-bond acceptors (Lipinski definition) is 4. The molecule has 0 aliphatic heterocycles. The Hall–Kier alpha value is -1.58. The highest BCUT2D eigenvalue weighted by atomic mass is 127.